The fraction of sp³-hybridized carbons (Fsp3) is 0.211. The third-order valence-corrected chi connectivity index (χ3v) is 4.31. The van der Waals surface area contributed by atoms with Crippen molar-refractivity contribution in [2.45, 2.75) is 6.42 Å². The summed E-state index contributed by atoms with van der Waals surface area (Å²) in [5.74, 6) is 1.96. The molecule has 7 nitrogen and oxygen atoms in total. The molecular weight excluding hydrogens is 383 g/mol. The number of ether oxygens (including phenoxy) is 3. The molecule has 0 radical (unpaired) electrons. The van der Waals surface area contributed by atoms with Crippen molar-refractivity contribution in [3.63, 3.8) is 0 Å². The van der Waals surface area contributed by atoms with Gasteiger partial charge in [0, 0.05) is 18.1 Å². The number of aromatic amines is 1. The Morgan fingerprint density at radius 2 is 1.71 bits per heavy atom. The Balaban J connectivity index is 1.94. The first-order valence-corrected chi connectivity index (χ1v) is 8.71. The molecule has 0 bridgehead atoms. The molecule has 28 heavy (non-hydrogen) atoms. The topological polar surface area (TPSA) is 73.7 Å². The molecular formula is C19H19FN4O3S. The van der Waals surface area contributed by atoms with E-state index in [-0.39, 0.29) is 5.82 Å². The van der Waals surface area contributed by atoms with Gasteiger partial charge in [0.1, 0.15) is 11.6 Å². The molecule has 1 heterocycles. The van der Waals surface area contributed by atoms with Gasteiger partial charge in [-0.1, -0.05) is 12.1 Å². The van der Waals surface area contributed by atoms with E-state index in [1.54, 1.807) is 51.8 Å². The Morgan fingerprint density at radius 3 is 2.36 bits per heavy atom. The number of hydrogen-bond acceptors (Lipinski definition) is 6. The SMILES string of the molecule is COc1cc(OC)c(OC)cc1/C=N\n1c(Cc2ccc(F)cc2)n[nH]c1=S. The largest absolute Gasteiger partial charge is 0.496 e. The van der Waals surface area contributed by atoms with E-state index < -0.39 is 0 Å². The number of hydrogen-bond donors (Lipinski definition) is 1. The van der Waals surface area contributed by atoms with Gasteiger partial charge in [-0.3, -0.25) is 5.10 Å². The van der Waals surface area contributed by atoms with Crippen LogP contribution in [-0.4, -0.2) is 42.4 Å². The number of methoxy groups -OCH3 is 3. The molecule has 0 saturated carbocycles. The minimum Gasteiger partial charge on any atom is -0.496 e. The van der Waals surface area contributed by atoms with Crippen LogP contribution in [0.15, 0.2) is 41.5 Å². The van der Waals surface area contributed by atoms with Crippen molar-refractivity contribution in [2.24, 2.45) is 5.10 Å². The highest BCUT2D eigenvalue weighted by Gasteiger charge is 2.11. The first kappa shape index (κ1) is 19.6. The van der Waals surface area contributed by atoms with Gasteiger partial charge in [0.05, 0.1) is 27.5 Å². The van der Waals surface area contributed by atoms with Crippen LogP contribution in [0.5, 0.6) is 17.2 Å². The Kier molecular flexibility index (Phi) is 6.05. The van der Waals surface area contributed by atoms with E-state index in [2.05, 4.69) is 15.3 Å². The molecule has 0 amide bonds. The van der Waals surface area contributed by atoms with Crippen LogP contribution in [0.1, 0.15) is 17.0 Å². The molecule has 0 fully saturated rings. The van der Waals surface area contributed by atoms with E-state index in [0.717, 1.165) is 5.56 Å². The maximum Gasteiger partial charge on any atom is 0.216 e. The molecule has 3 aromatic rings. The molecule has 0 atom stereocenters. The van der Waals surface area contributed by atoms with Crippen LogP contribution >= 0.6 is 12.2 Å². The predicted molar refractivity (Wildman–Crippen MR) is 106 cm³/mol. The van der Waals surface area contributed by atoms with Crippen LogP contribution < -0.4 is 14.2 Å². The summed E-state index contributed by atoms with van der Waals surface area (Å²) in [6, 6.07) is 9.66. The molecule has 0 aliphatic rings. The van der Waals surface area contributed by atoms with Crippen molar-refractivity contribution in [3.05, 3.63) is 63.9 Å². The van der Waals surface area contributed by atoms with Gasteiger partial charge in [0.25, 0.3) is 0 Å². The third-order valence-electron chi connectivity index (χ3n) is 4.04. The molecule has 146 valence electrons. The summed E-state index contributed by atoms with van der Waals surface area (Å²) in [5, 5.41) is 11.4. The van der Waals surface area contributed by atoms with Gasteiger partial charge in [-0.2, -0.15) is 14.9 Å². The van der Waals surface area contributed by atoms with Crippen molar-refractivity contribution >= 4 is 18.4 Å². The summed E-state index contributed by atoms with van der Waals surface area (Å²) >= 11 is 5.27. The van der Waals surface area contributed by atoms with Gasteiger partial charge in [-0.05, 0) is 36.0 Å². The highest BCUT2D eigenvalue weighted by Crippen LogP contribution is 2.33. The van der Waals surface area contributed by atoms with Crippen LogP contribution in [0, 0.1) is 10.6 Å². The lowest BCUT2D eigenvalue weighted by Gasteiger charge is -2.11. The van der Waals surface area contributed by atoms with Crippen LogP contribution in [-0.2, 0) is 6.42 Å². The Labute approximate surface area is 166 Å². The average Bonchev–Trinajstić information content (AvgIpc) is 3.06. The van der Waals surface area contributed by atoms with E-state index in [0.29, 0.717) is 39.8 Å². The number of halogens is 1. The molecule has 0 unspecified atom stereocenters. The minimum absolute atomic E-state index is 0.291. The summed E-state index contributed by atoms with van der Waals surface area (Å²) in [6.07, 6.45) is 2.04. The van der Waals surface area contributed by atoms with E-state index in [1.807, 2.05) is 0 Å². The van der Waals surface area contributed by atoms with E-state index >= 15 is 0 Å². The summed E-state index contributed by atoms with van der Waals surface area (Å²) in [7, 11) is 4.66. The molecule has 1 N–H and O–H groups in total. The van der Waals surface area contributed by atoms with Gasteiger partial charge in [-0.15, -0.1) is 0 Å². The smallest absolute Gasteiger partial charge is 0.216 e. The average molecular weight is 402 g/mol. The second-order valence-corrected chi connectivity index (χ2v) is 6.14. The Hall–Kier alpha value is -3.20. The lowest BCUT2D eigenvalue weighted by atomic mass is 10.1. The van der Waals surface area contributed by atoms with E-state index in [4.69, 9.17) is 26.4 Å². The van der Waals surface area contributed by atoms with Gasteiger partial charge < -0.3 is 14.2 Å². The Morgan fingerprint density at radius 1 is 1.07 bits per heavy atom. The molecule has 0 saturated heterocycles. The molecule has 2 aromatic carbocycles. The number of nitrogens with one attached hydrogen (secondary N) is 1. The minimum atomic E-state index is -0.291. The zero-order chi connectivity index (χ0) is 20.1. The van der Waals surface area contributed by atoms with Crippen LogP contribution in [0.3, 0.4) is 0 Å². The number of nitrogens with zero attached hydrogens (tertiary/aromatic N) is 3. The van der Waals surface area contributed by atoms with Gasteiger partial charge in [-0.25, -0.2) is 4.39 Å². The molecule has 0 aliphatic carbocycles. The van der Waals surface area contributed by atoms with Crippen molar-refractivity contribution < 1.29 is 18.6 Å². The number of rotatable bonds is 7. The zero-order valence-corrected chi connectivity index (χ0v) is 16.4. The van der Waals surface area contributed by atoms with Gasteiger partial charge in [0.2, 0.25) is 4.77 Å². The lowest BCUT2D eigenvalue weighted by molar-refractivity contribution is 0.349. The second kappa shape index (κ2) is 8.66. The van der Waals surface area contributed by atoms with Crippen molar-refractivity contribution in [1.82, 2.24) is 14.9 Å². The normalized spacial score (nSPS) is 11.0. The second-order valence-electron chi connectivity index (χ2n) is 5.75. The first-order valence-electron chi connectivity index (χ1n) is 8.30. The van der Waals surface area contributed by atoms with Crippen molar-refractivity contribution in [2.75, 3.05) is 21.3 Å². The maximum atomic E-state index is 13.1. The van der Waals surface area contributed by atoms with Crippen molar-refractivity contribution in [3.8, 4) is 17.2 Å². The molecule has 0 aliphatic heterocycles. The maximum absolute atomic E-state index is 13.1. The van der Waals surface area contributed by atoms with E-state index in [9.17, 15) is 4.39 Å². The molecule has 3 rings (SSSR count). The fourth-order valence-electron chi connectivity index (χ4n) is 2.62. The van der Waals surface area contributed by atoms with Crippen molar-refractivity contribution in [1.29, 1.82) is 0 Å². The van der Waals surface area contributed by atoms with Crippen LogP contribution in [0.4, 0.5) is 4.39 Å². The highest BCUT2D eigenvalue weighted by molar-refractivity contribution is 7.71. The van der Waals surface area contributed by atoms with E-state index in [1.165, 1.54) is 16.8 Å². The molecule has 0 spiro atoms. The Bertz CT molecular complexity index is 1040. The summed E-state index contributed by atoms with van der Waals surface area (Å²) < 4.78 is 31.0. The van der Waals surface area contributed by atoms with Gasteiger partial charge in [0.15, 0.2) is 17.3 Å². The highest BCUT2D eigenvalue weighted by atomic mass is 32.1. The fourth-order valence-corrected chi connectivity index (χ4v) is 2.81. The number of aromatic nitrogens is 3. The zero-order valence-electron chi connectivity index (χ0n) is 15.6. The first-order chi connectivity index (χ1) is 13.5. The van der Waals surface area contributed by atoms with Crippen LogP contribution in [0.25, 0.3) is 0 Å². The standard InChI is InChI=1S/C19H19FN4O3S/c1-25-15-10-17(27-3)16(26-2)9-13(15)11-21-24-18(22-23-19(24)28)8-12-4-6-14(20)7-5-12/h4-7,9-11H,8H2,1-3H3,(H,23,28)/b21-11-. The van der Waals surface area contributed by atoms with Gasteiger partial charge >= 0.3 is 0 Å². The molecule has 1 aromatic heterocycles. The third kappa shape index (κ3) is 4.20. The monoisotopic (exact) mass is 402 g/mol. The molecule has 9 heteroatoms. The predicted octanol–water partition coefficient (Wildman–Crippen LogP) is 3.58. The quantitative estimate of drug-likeness (QED) is 0.483. The number of benzene rings is 2. The summed E-state index contributed by atoms with van der Waals surface area (Å²) in [5.41, 5.74) is 1.56. The number of H-pyrrole nitrogens is 1. The lowest BCUT2D eigenvalue weighted by Crippen LogP contribution is -2.02. The summed E-state index contributed by atoms with van der Waals surface area (Å²) in [4.78, 5) is 0. The van der Waals surface area contributed by atoms with Crippen LogP contribution in [0.2, 0.25) is 0 Å². The summed E-state index contributed by atoms with van der Waals surface area (Å²) in [6.45, 7) is 0.